The minimum Gasteiger partial charge on any atom is -0.333 e. The number of nitrogens with zero attached hydrogens (tertiary/aromatic N) is 3. The quantitative estimate of drug-likeness (QED) is 0.758. The van der Waals surface area contributed by atoms with Crippen molar-refractivity contribution >= 4 is 11.6 Å². The van der Waals surface area contributed by atoms with Gasteiger partial charge in [-0.2, -0.15) is 0 Å². The summed E-state index contributed by atoms with van der Waals surface area (Å²) in [6, 6.07) is 12.2. The van der Waals surface area contributed by atoms with Crippen LogP contribution in [0.4, 0.5) is 5.69 Å². The number of nitrogens with one attached hydrogen (secondary N) is 1. The van der Waals surface area contributed by atoms with Crippen LogP contribution in [0, 0.1) is 11.8 Å². The number of imidazole rings is 1. The molecule has 3 aromatic rings. The molecule has 0 radical (unpaired) electrons. The van der Waals surface area contributed by atoms with Crippen molar-refractivity contribution < 1.29 is 4.79 Å². The van der Waals surface area contributed by atoms with Gasteiger partial charge in [0.15, 0.2) is 0 Å². The van der Waals surface area contributed by atoms with Gasteiger partial charge in [-0.05, 0) is 60.6 Å². The Balaban J connectivity index is 1.34. The standard InChI is InChI=1S/C22H22N4O/c27-21(20-17-4-7-22(20,13-17)18-5-8-23-9-6-18)25-19-3-1-2-16(12-19)14-26-11-10-24-15-26/h1-3,5-6,8-12,15,17,20H,4,7,13-14H2,(H,25,27). The highest BCUT2D eigenvalue weighted by Crippen LogP contribution is 2.64. The lowest BCUT2D eigenvalue weighted by molar-refractivity contribution is -0.127. The number of hydrogen-bond acceptors (Lipinski definition) is 3. The summed E-state index contributed by atoms with van der Waals surface area (Å²) in [5.74, 6) is 0.727. The Morgan fingerprint density at radius 2 is 2.07 bits per heavy atom. The monoisotopic (exact) mass is 358 g/mol. The lowest BCUT2D eigenvalue weighted by Crippen LogP contribution is -2.50. The second kappa shape index (κ2) is 6.34. The largest absolute Gasteiger partial charge is 0.333 e. The molecule has 136 valence electrons. The highest BCUT2D eigenvalue weighted by Gasteiger charge is 2.62. The van der Waals surface area contributed by atoms with Gasteiger partial charge in [0.05, 0.1) is 12.2 Å². The van der Waals surface area contributed by atoms with E-state index in [2.05, 4.69) is 39.6 Å². The molecular formula is C22H22N4O. The molecule has 1 N–H and O–H groups in total. The third-order valence-electron chi connectivity index (χ3n) is 6.31. The lowest BCUT2D eigenvalue weighted by atomic mass is 9.57. The van der Waals surface area contributed by atoms with Crippen LogP contribution in [0.1, 0.15) is 30.4 Å². The minimum atomic E-state index is 0.00606. The molecule has 0 aliphatic heterocycles. The Bertz CT molecular complexity index is 949. The molecule has 27 heavy (non-hydrogen) atoms. The average Bonchev–Trinajstić information content (AvgIpc) is 3.40. The molecule has 0 spiro atoms. The Kier molecular flexibility index (Phi) is 3.81. The Hall–Kier alpha value is -2.95. The molecule has 3 fully saturated rings. The fourth-order valence-electron chi connectivity index (χ4n) is 5.12. The molecule has 3 aliphatic carbocycles. The Morgan fingerprint density at radius 1 is 1.19 bits per heavy atom. The van der Waals surface area contributed by atoms with E-state index in [1.807, 2.05) is 35.3 Å². The molecule has 1 amide bonds. The molecule has 6 rings (SSSR count). The van der Waals surface area contributed by atoms with Gasteiger partial charge in [0, 0.05) is 42.4 Å². The predicted molar refractivity (Wildman–Crippen MR) is 103 cm³/mol. The summed E-state index contributed by atoms with van der Waals surface area (Å²) in [6.45, 7) is 0.747. The van der Waals surface area contributed by atoms with Gasteiger partial charge in [0.2, 0.25) is 5.91 Å². The third-order valence-corrected chi connectivity index (χ3v) is 6.31. The molecule has 3 saturated carbocycles. The normalized spacial score (nSPS) is 25.8. The number of rotatable bonds is 5. The third kappa shape index (κ3) is 2.74. The zero-order valence-corrected chi connectivity index (χ0v) is 15.1. The summed E-state index contributed by atoms with van der Waals surface area (Å²) in [6.07, 6.45) is 12.5. The maximum atomic E-state index is 13.1. The highest BCUT2D eigenvalue weighted by molar-refractivity contribution is 5.95. The van der Waals surface area contributed by atoms with Crippen LogP contribution in [-0.4, -0.2) is 20.4 Å². The first-order valence-corrected chi connectivity index (χ1v) is 9.51. The number of amides is 1. The number of hydrogen-bond donors (Lipinski definition) is 1. The van der Waals surface area contributed by atoms with E-state index in [0.29, 0.717) is 5.92 Å². The van der Waals surface area contributed by atoms with Gasteiger partial charge in [0.1, 0.15) is 0 Å². The maximum absolute atomic E-state index is 13.1. The second-order valence-corrected chi connectivity index (χ2v) is 7.80. The molecule has 5 heteroatoms. The SMILES string of the molecule is O=C(Nc1cccc(Cn2ccnc2)c1)C1C2CCC1(c1ccncc1)C2. The zero-order valence-electron chi connectivity index (χ0n) is 15.1. The van der Waals surface area contributed by atoms with Crippen molar-refractivity contribution in [1.82, 2.24) is 14.5 Å². The summed E-state index contributed by atoms with van der Waals surface area (Å²) in [4.78, 5) is 21.3. The van der Waals surface area contributed by atoms with Gasteiger partial charge >= 0.3 is 0 Å². The van der Waals surface area contributed by atoms with Crippen molar-refractivity contribution in [1.29, 1.82) is 0 Å². The second-order valence-electron chi connectivity index (χ2n) is 7.80. The van der Waals surface area contributed by atoms with Crippen molar-refractivity contribution in [3.63, 3.8) is 0 Å². The number of carbonyl (C=O) groups excluding carboxylic acids is 1. The van der Waals surface area contributed by atoms with Crippen molar-refractivity contribution in [2.24, 2.45) is 11.8 Å². The summed E-state index contributed by atoms with van der Waals surface area (Å²) in [5.41, 5.74) is 3.28. The van der Waals surface area contributed by atoms with Crippen LogP contribution in [0.5, 0.6) is 0 Å². The summed E-state index contributed by atoms with van der Waals surface area (Å²) < 4.78 is 2.02. The smallest absolute Gasteiger partial charge is 0.228 e. The van der Waals surface area contributed by atoms with E-state index >= 15 is 0 Å². The lowest BCUT2D eigenvalue weighted by Gasteiger charge is -2.46. The highest BCUT2D eigenvalue weighted by atomic mass is 16.2. The van der Waals surface area contributed by atoms with Crippen LogP contribution in [-0.2, 0) is 16.8 Å². The number of carbonyl (C=O) groups is 1. The van der Waals surface area contributed by atoms with E-state index in [1.54, 1.807) is 12.5 Å². The number of aromatic nitrogens is 3. The Morgan fingerprint density at radius 3 is 2.85 bits per heavy atom. The van der Waals surface area contributed by atoms with Gasteiger partial charge < -0.3 is 9.88 Å². The van der Waals surface area contributed by atoms with Crippen molar-refractivity contribution in [3.05, 3.63) is 78.6 Å². The molecule has 2 bridgehead atoms. The van der Waals surface area contributed by atoms with E-state index < -0.39 is 0 Å². The van der Waals surface area contributed by atoms with Gasteiger partial charge in [-0.15, -0.1) is 0 Å². The topological polar surface area (TPSA) is 59.8 Å². The summed E-state index contributed by atoms with van der Waals surface area (Å²) in [7, 11) is 0. The molecule has 3 atom stereocenters. The van der Waals surface area contributed by atoms with Crippen LogP contribution < -0.4 is 5.32 Å². The van der Waals surface area contributed by atoms with Crippen molar-refractivity contribution in [2.75, 3.05) is 5.32 Å². The Labute approximate surface area is 158 Å². The van der Waals surface area contributed by atoms with E-state index in [4.69, 9.17) is 0 Å². The van der Waals surface area contributed by atoms with E-state index in [0.717, 1.165) is 37.1 Å². The van der Waals surface area contributed by atoms with Gasteiger partial charge in [-0.1, -0.05) is 12.1 Å². The maximum Gasteiger partial charge on any atom is 0.228 e. The van der Waals surface area contributed by atoms with Crippen LogP contribution in [0.3, 0.4) is 0 Å². The van der Waals surface area contributed by atoms with Crippen molar-refractivity contribution in [3.8, 4) is 0 Å². The van der Waals surface area contributed by atoms with E-state index in [1.165, 1.54) is 5.56 Å². The molecular weight excluding hydrogens is 336 g/mol. The fraction of sp³-hybridized carbons (Fsp3) is 0.318. The molecule has 3 aliphatic rings. The zero-order chi connectivity index (χ0) is 18.3. The first kappa shape index (κ1) is 16.2. The molecule has 3 unspecified atom stereocenters. The van der Waals surface area contributed by atoms with Crippen LogP contribution in [0.25, 0.3) is 0 Å². The summed E-state index contributed by atoms with van der Waals surface area (Å²) >= 11 is 0. The molecule has 0 saturated heterocycles. The minimum absolute atomic E-state index is 0.00606. The van der Waals surface area contributed by atoms with Gasteiger partial charge in [0.25, 0.3) is 0 Å². The first-order chi connectivity index (χ1) is 13.2. The first-order valence-electron chi connectivity index (χ1n) is 9.51. The fourth-order valence-corrected chi connectivity index (χ4v) is 5.12. The van der Waals surface area contributed by atoms with E-state index in [-0.39, 0.29) is 17.2 Å². The number of fused-ring (bicyclic) bond motifs is 1. The molecule has 1 aromatic carbocycles. The van der Waals surface area contributed by atoms with Crippen LogP contribution in [0.15, 0.2) is 67.5 Å². The van der Waals surface area contributed by atoms with Gasteiger partial charge in [-0.3, -0.25) is 9.78 Å². The molecule has 5 nitrogen and oxygen atoms in total. The number of benzene rings is 1. The average molecular weight is 358 g/mol. The molecule has 2 aromatic heterocycles. The van der Waals surface area contributed by atoms with Crippen molar-refractivity contribution in [2.45, 2.75) is 31.2 Å². The van der Waals surface area contributed by atoms with E-state index in [9.17, 15) is 4.79 Å². The van der Waals surface area contributed by atoms with Gasteiger partial charge in [-0.25, -0.2) is 4.98 Å². The van der Waals surface area contributed by atoms with Crippen LogP contribution >= 0.6 is 0 Å². The number of anilines is 1. The number of pyridine rings is 1. The predicted octanol–water partition coefficient (Wildman–Crippen LogP) is 3.63. The van der Waals surface area contributed by atoms with Crippen LogP contribution in [0.2, 0.25) is 0 Å². The molecule has 2 heterocycles. The summed E-state index contributed by atoms with van der Waals surface area (Å²) in [5, 5.41) is 3.18.